The fourth-order valence-corrected chi connectivity index (χ4v) is 2.18. The maximum absolute atomic E-state index is 13.1. The predicted molar refractivity (Wildman–Crippen MR) is 82.5 cm³/mol. The summed E-state index contributed by atoms with van der Waals surface area (Å²) in [5.41, 5.74) is -2.47. The highest BCUT2D eigenvalue weighted by atomic mass is 19.4. The summed E-state index contributed by atoms with van der Waals surface area (Å²) >= 11 is 0. The molecule has 0 aliphatic carbocycles. The molecule has 0 saturated heterocycles. The lowest BCUT2D eigenvalue weighted by Crippen LogP contribution is -2.31. The minimum atomic E-state index is -4.74. The summed E-state index contributed by atoms with van der Waals surface area (Å²) in [6.07, 6.45) is -1.55. The molecule has 0 saturated carbocycles. The van der Waals surface area contributed by atoms with Crippen LogP contribution in [0.1, 0.15) is 44.4 Å². The molecule has 0 amide bonds. The molecule has 1 atom stereocenters. The van der Waals surface area contributed by atoms with Crippen molar-refractivity contribution in [3.05, 3.63) is 40.0 Å². The van der Waals surface area contributed by atoms with Crippen LogP contribution in [-0.4, -0.2) is 22.2 Å². The van der Waals surface area contributed by atoms with Crippen LogP contribution >= 0.6 is 0 Å². The molecule has 1 rings (SSSR count). The van der Waals surface area contributed by atoms with Crippen molar-refractivity contribution < 1.29 is 27.8 Å². The molecule has 1 heterocycles. The first-order valence-electron chi connectivity index (χ1n) is 7.42. The number of ether oxygens (including phenoxy) is 1. The maximum Gasteiger partial charge on any atom is 0.417 e. The summed E-state index contributed by atoms with van der Waals surface area (Å²) in [5.74, 6) is -1.33. The van der Waals surface area contributed by atoms with Gasteiger partial charge in [0, 0.05) is 17.8 Å². The van der Waals surface area contributed by atoms with Crippen molar-refractivity contribution in [2.45, 2.75) is 39.4 Å². The molecular formula is C16H20F3NO4. The monoisotopic (exact) mass is 347 g/mol. The van der Waals surface area contributed by atoms with Crippen LogP contribution in [0.4, 0.5) is 13.2 Å². The Morgan fingerprint density at radius 3 is 2.50 bits per heavy atom. The SMILES string of the molecule is CCOC=Cc1cn(C(CC(C)C)C(=O)O)c(=O)cc1C(F)(F)F. The van der Waals surface area contributed by atoms with E-state index in [2.05, 4.69) is 0 Å². The van der Waals surface area contributed by atoms with Gasteiger partial charge in [-0.25, -0.2) is 4.79 Å². The maximum atomic E-state index is 13.1. The van der Waals surface area contributed by atoms with Crippen molar-refractivity contribution in [2.75, 3.05) is 6.61 Å². The van der Waals surface area contributed by atoms with Crippen LogP contribution in [0.15, 0.2) is 23.3 Å². The zero-order valence-electron chi connectivity index (χ0n) is 13.6. The third kappa shape index (κ3) is 5.14. The molecule has 0 aliphatic heterocycles. The summed E-state index contributed by atoms with van der Waals surface area (Å²) in [6.45, 7) is 5.46. The number of aliphatic carboxylic acids is 1. The van der Waals surface area contributed by atoms with Gasteiger partial charge in [-0.3, -0.25) is 4.79 Å². The first kappa shape index (κ1) is 19.8. The van der Waals surface area contributed by atoms with Gasteiger partial charge in [-0.1, -0.05) is 13.8 Å². The molecule has 8 heteroatoms. The van der Waals surface area contributed by atoms with Gasteiger partial charge < -0.3 is 14.4 Å². The summed E-state index contributed by atoms with van der Waals surface area (Å²) in [5, 5.41) is 9.31. The van der Waals surface area contributed by atoms with Gasteiger partial charge in [-0.2, -0.15) is 13.2 Å². The van der Waals surface area contributed by atoms with Crippen molar-refractivity contribution in [3.63, 3.8) is 0 Å². The molecule has 0 radical (unpaired) electrons. The minimum Gasteiger partial charge on any atom is -0.501 e. The van der Waals surface area contributed by atoms with Gasteiger partial charge in [0.15, 0.2) is 0 Å². The van der Waals surface area contributed by atoms with Crippen LogP contribution in [0.2, 0.25) is 0 Å². The van der Waals surface area contributed by atoms with E-state index in [-0.39, 0.29) is 24.5 Å². The van der Waals surface area contributed by atoms with Gasteiger partial charge in [-0.15, -0.1) is 0 Å². The first-order valence-corrected chi connectivity index (χ1v) is 7.42. The summed E-state index contributed by atoms with van der Waals surface area (Å²) in [7, 11) is 0. The number of alkyl halides is 3. The van der Waals surface area contributed by atoms with E-state index < -0.39 is 29.3 Å². The fraction of sp³-hybridized carbons (Fsp3) is 0.500. The highest BCUT2D eigenvalue weighted by molar-refractivity contribution is 5.72. The largest absolute Gasteiger partial charge is 0.501 e. The van der Waals surface area contributed by atoms with Crippen molar-refractivity contribution in [3.8, 4) is 0 Å². The number of hydrogen-bond donors (Lipinski definition) is 1. The number of nitrogens with zero attached hydrogens (tertiary/aromatic N) is 1. The smallest absolute Gasteiger partial charge is 0.417 e. The first-order chi connectivity index (χ1) is 11.1. The van der Waals surface area contributed by atoms with E-state index in [1.807, 2.05) is 0 Å². The van der Waals surface area contributed by atoms with Crippen LogP contribution < -0.4 is 5.56 Å². The summed E-state index contributed by atoms with van der Waals surface area (Å²) in [4.78, 5) is 23.5. The molecule has 0 fully saturated rings. The highest BCUT2D eigenvalue weighted by Gasteiger charge is 2.34. The van der Waals surface area contributed by atoms with Gasteiger partial charge in [-0.05, 0) is 25.3 Å². The lowest BCUT2D eigenvalue weighted by atomic mass is 10.0. The van der Waals surface area contributed by atoms with Gasteiger partial charge in [0.05, 0.1) is 18.4 Å². The van der Waals surface area contributed by atoms with E-state index in [0.29, 0.717) is 6.07 Å². The molecule has 5 nitrogen and oxygen atoms in total. The Morgan fingerprint density at radius 1 is 1.42 bits per heavy atom. The Morgan fingerprint density at radius 2 is 2.04 bits per heavy atom. The highest BCUT2D eigenvalue weighted by Crippen LogP contribution is 2.32. The quantitative estimate of drug-likeness (QED) is 0.766. The van der Waals surface area contributed by atoms with Crippen LogP contribution in [0.5, 0.6) is 0 Å². The Bertz CT molecular complexity index is 662. The Hall–Kier alpha value is -2.25. The summed E-state index contributed by atoms with van der Waals surface area (Å²) in [6, 6.07) is -0.818. The van der Waals surface area contributed by atoms with E-state index in [9.17, 15) is 27.9 Å². The molecule has 0 aromatic carbocycles. The summed E-state index contributed by atoms with van der Waals surface area (Å²) < 4.78 is 45.0. The number of hydrogen-bond acceptors (Lipinski definition) is 3. The van der Waals surface area contributed by atoms with Crippen molar-refractivity contribution in [2.24, 2.45) is 5.92 Å². The Kier molecular flexibility index (Phi) is 6.62. The second-order valence-corrected chi connectivity index (χ2v) is 5.63. The lowest BCUT2D eigenvalue weighted by molar-refractivity contribution is -0.141. The third-order valence-corrected chi connectivity index (χ3v) is 3.24. The average Bonchev–Trinajstić information content (AvgIpc) is 2.45. The standard InChI is InChI=1S/C16H20F3NO4/c1-4-24-6-5-11-9-20(13(15(22)23)7-10(2)3)14(21)8-12(11)16(17,18)19/h5-6,8-10,13H,4,7H2,1-3H3,(H,22,23). The molecular weight excluding hydrogens is 327 g/mol. The number of carbonyl (C=O) groups is 1. The molecule has 134 valence electrons. The Balaban J connectivity index is 3.49. The number of pyridine rings is 1. The number of rotatable bonds is 7. The molecule has 1 aromatic rings. The van der Waals surface area contributed by atoms with Gasteiger partial charge in [0.1, 0.15) is 6.04 Å². The average molecular weight is 347 g/mol. The molecule has 24 heavy (non-hydrogen) atoms. The van der Waals surface area contributed by atoms with Gasteiger partial charge in [0.25, 0.3) is 5.56 Å². The zero-order valence-corrected chi connectivity index (χ0v) is 13.6. The van der Waals surface area contributed by atoms with Crippen LogP contribution in [-0.2, 0) is 15.7 Å². The van der Waals surface area contributed by atoms with Gasteiger partial charge >= 0.3 is 12.1 Å². The van der Waals surface area contributed by atoms with Crippen molar-refractivity contribution in [1.29, 1.82) is 0 Å². The lowest BCUT2D eigenvalue weighted by Gasteiger charge is -2.20. The van der Waals surface area contributed by atoms with E-state index in [4.69, 9.17) is 4.74 Å². The second-order valence-electron chi connectivity index (χ2n) is 5.63. The third-order valence-electron chi connectivity index (χ3n) is 3.24. The molecule has 1 aromatic heterocycles. The number of aromatic nitrogens is 1. The second kappa shape index (κ2) is 8.03. The van der Waals surface area contributed by atoms with E-state index in [1.165, 1.54) is 0 Å². The van der Waals surface area contributed by atoms with Crippen LogP contribution in [0.25, 0.3) is 6.08 Å². The van der Waals surface area contributed by atoms with Crippen molar-refractivity contribution >= 4 is 12.0 Å². The predicted octanol–water partition coefficient (Wildman–Crippen LogP) is 3.55. The Labute approximate surface area is 137 Å². The van der Waals surface area contributed by atoms with Crippen molar-refractivity contribution in [1.82, 2.24) is 4.57 Å². The molecule has 0 aliphatic rings. The number of carboxylic acid groups (broad SMARTS) is 1. The molecule has 1 unspecified atom stereocenters. The molecule has 0 bridgehead atoms. The number of carboxylic acids is 1. The van der Waals surface area contributed by atoms with E-state index >= 15 is 0 Å². The fourth-order valence-electron chi connectivity index (χ4n) is 2.18. The van der Waals surface area contributed by atoms with E-state index in [0.717, 1.165) is 23.1 Å². The van der Waals surface area contributed by atoms with Crippen LogP contribution in [0, 0.1) is 5.92 Å². The minimum absolute atomic E-state index is 0.0530. The zero-order chi connectivity index (χ0) is 18.5. The molecule has 0 spiro atoms. The van der Waals surface area contributed by atoms with Gasteiger partial charge in [0.2, 0.25) is 0 Å². The topological polar surface area (TPSA) is 68.5 Å². The normalized spacial score (nSPS) is 13.5. The van der Waals surface area contributed by atoms with E-state index in [1.54, 1.807) is 20.8 Å². The van der Waals surface area contributed by atoms with Crippen LogP contribution in [0.3, 0.4) is 0 Å². The number of halogens is 3. The molecule has 1 N–H and O–H groups in total.